The van der Waals surface area contributed by atoms with Gasteiger partial charge in [0.25, 0.3) is 0 Å². The molecule has 2 heterocycles. The molecule has 0 saturated carbocycles. The monoisotopic (exact) mass is 168 g/mol. The third kappa shape index (κ3) is 1.80. The standard InChI is InChI=1S/C10H20N2/c1-12-6-3-9(4-7-12)10-2-5-11-8-10/h9-11H,2-8H2,1H3/t10-/m0/s1. The molecular weight excluding hydrogens is 148 g/mol. The van der Waals surface area contributed by atoms with Gasteiger partial charge in [0.1, 0.15) is 0 Å². The Bertz CT molecular complexity index is 133. The number of hydrogen-bond donors (Lipinski definition) is 1. The first-order valence-electron chi connectivity index (χ1n) is 5.25. The lowest BCUT2D eigenvalue weighted by molar-refractivity contribution is 0.178. The van der Waals surface area contributed by atoms with Crippen molar-refractivity contribution < 1.29 is 0 Å². The van der Waals surface area contributed by atoms with Crippen LogP contribution in [0.5, 0.6) is 0 Å². The fraction of sp³-hybridized carbons (Fsp3) is 1.00. The van der Waals surface area contributed by atoms with Crippen molar-refractivity contribution in [1.82, 2.24) is 10.2 Å². The maximum absolute atomic E-state index is 3.47. The average molecular weight is 168 g/mol. The van der Waals surface area contributed by atoms with Gasteiger partial charge in [0.15, 0.2) is 0 Å². The zero-order chi connectivity index (χ0) is 8.39. The summed E-state index contributed by atoms with van der Waals surface area (Å²) in [6, 6.07) is 0. The lowest BCUT2D eigenvalue weighted by atomic mass is 9.84. The van der Waals surface area contributed by atoms with Gasteiger partial charge < -0.3 is 10.2 Å². The highest BCUT2D eigenvalue weighted by molar-refractivity contribution is 4.81. The summed E-state index contributed by atoms with van der Waals surface area (Å²) in [5, 5.41) is 3.47. The van der Waals surface area contributed by atoms with E-state index in [9.17, 15) is 0 Å². The molecule has 70 valence electrons. The molecule has 2 fully saturated rings. The molecule has 0 aromatic heterocycles. The quantitative estimate of drug-likeness (QED) is 0.627. The summed E-state index contributed by atoms with van der Waals surface area (Å²) in [6.45, 7) is 5.19. The summed E-state index contributed by atoms with van der Waals surface area (Å²) in [7, 11) is 2.24. The van der Waals surface area contributed by atoms with E-state index < -0.39 is 0 Å². The van der Waals surface area contributed by atoms with E-state index in [0.717, 1.165) is 11.8 Å². The summed E-state index contributed by atoms with van der Waals surface area (Å²) in [4.78, 5) is 2.46. The van der Waals surface area contributed by atoms with Crippen molar-refractivity contribution in [2.75, 3.05) is 33.2 Å². The van der Waals surface area contributed by atoms with E-state index in [1.54, 1.807) is 0 Å². The van der Waals surface area contributed by atoms with Crippen molar-refractivity contribution in [2.45, 2.75) is 19.3 Å². The van der Waals surface area contributed by atoms with Gasteiger partial charge in [-0.25, -0.2) is 0 Å². The molecule has 0 spiro atoms. The molecule has 2 aliphatic heterocycles. The average Bonchev–Trinajstić information content (AvgIpc) is 2.58. The zero-order valence-corrected chi connectivity index (χ0v) is 8.05. The van der Waals surface area contributed by atoms with E-state index in [4.69, 9.17) is 0 Å². The van der Waals surface area contributed by atoms with Gasteiger partial charge in [-0.15, -0.1) is 0 Å². The number of rotatable bonds is 1. The lowest BCUT2D eigenvalue weighted by Gasteiger charge is -2.32. The first-order valence-corrected chi connectivity index (χ1v) is 5.25. The van der Waals surface area contributed by atoms with Crippen LogP contribution in [0.15, 0.2) is 0 Å². The van der Waals surface area contributed by atoms with Gasteiger partial charge in [0.2, 0.25) is 0 Å². The second-order valence-corrected chi connectivity index (χ2v) is 4.39. The van der Waals surface area contributed by atoms with Gasteiger partial charge in [0.05, 0.1) is 0 Å². The second kappa shape index (κ2) is 3.75. The maximum atomic E-state index is 3.47. The third-order valence-corrected chi connectivity index (χ3v) is 3.53. The summed E-state index contributed by atoms with van der Waals surface area (Å²) in [6.07, 6.45) is 4.29. The van der Waals surface area contributed by atoms with Gasteiger partial charge in [-0.2, -0.15) is 0 Å². The second-order valence-electron chi connectivity index (χ2n) is 4.39. The van der Waals surface area contributed by atoms with Gasteiger partial charge in [-0.1, -0.05) is 0 Å². The summed E-state index contributed by atoms with van der Waals surface area (Å²) < 4.78 is 0. The molecule has 0 aromatic rings. The number of nitrogens with one attached hydrogen (secondary N) is 1. The molecule has 0 radical (unpaired) electrons. The predicted molar refractivity (Wildman–Crippen MR) is 51.2 cm³/mol. The van der Waals surface area contributed by atoms with Crippen LogP contribution in [0.2, 0.25) is 0 Å². The van der Waals surface area contributed by atoms with Crippen LogP contribution in [-0.4, -0.2) is 38.1 Å². The molecule has 2 heteroatoms. The van der Waals surface area contributed by atoms with Crippen LogP contribution in [0, 0.1) is 11.8 Å². The Morgan fingerprint density at radius 3 is 2.42 bits per heavy atom. The molecule has 0 aliphatic carbocycles. The van der Waals surface area contributed by atoms with Gasteiger partial charge in [-0.05, 0) is 64.3 Å². The van der Waals surface area contributed by atoms with Crippen LogP contribution in [0.3, 0.4) is 0 Å². The molecule has 0 amide bonds. The van der Waals surface area contributed by atoms with Gasteiger partial charge in [-0.3, -0.25) is 0 Å². The largest absolute Gasteiger partial charge is 0.316 e. The normalized spacial score (nSPS) is 34.2. The van der Waals surface area contributed by atoms with Crippen LogP contribution in [0.25, 0.3) is 0 Å². The topological polar surface area (TPSA) is 15.3 Å². The SMILES string of the molecule is CN1CCC([C@H]2CCNC2)CC1. The fourth-order valence-corrected chi connectivity index (χ4v) is 2.58. The van der Waals surface area contributed by atoms with Gasteiger partial charge in [0, 0.05) is 0 Å². The Hall–Kier alpha value is -0.0800. The number of likely N-dealkylation sites (tertiary alicyclic amines) is 1. The lowest BCUT2D eigenvalue weighted by Crippen LogP contribution is -2.33. The molecule has 0 bridgehead atoms. The van der Waals surface area contributed by atoms with Crippen molar-refractivity contribution in [3.63, 3.8) is 0 Å². The highest BCUT2D eigenvalue weighted by Crippen LogP contribution is 2.28. The molecule has 2 saturated heterocycles. The Morgan fingerprint density at radius 1 is 1.08 bits per heavy atom. The summed E-state index contributed by atoms with van der Waals surface area (Å²) in [5.41, 5.74) is 0. The van der Waals surface area contributed by atoms with Crippen LogP contribution < -0.4 is 5.32 Å². The van der Waals surface area contributed by atoms with E-state index in [-0.39, 0.29) is 0 Å². The van der Waals surface area contributed by atoms with Crippen molar-refractivity contribution >= 4 is 0 Å². The molecule has 0 aromatic carbocycles. The van der Waals surface area contributed by atoms with E-state index >= 15 is 0 Å². The van der Waals surface area contributed by atoms with Crippen LogP contribution in [-0.2, 0) is 0 Å². The molecule has 0 unspecified atom stereocenters. The smallest absolute Gasteiger partial charge is 0.00174 e. The zero-order valence-electron chi connectivity index (χ0n) is 8.05. The molecule has 1 N–H and O–H groups in total. The van der Waals surface area contributed by atoms with Crippen molar-refractivity contribution in [3.05, 3.63) is 0 Å². The minimum absolute atomic E-state index is 0.999. The maximum Gasteiger partial charge on any atom is -0.00174 e. The Labute approximate surface area is 75.3 Å². The first kappa shape index (κ1) is 8.52. The Balaban J connectivity index is 1.80. The molecule has 12 heavy (non-hydrogen) atoms. The number of nitrogens with zero attached hydrogens (tertiary/aromatic N) is 1. The third-order valence-electron chi connectivity index (χ3n) is 3.53. The molecule has 2 aliphatic rings. The van der Waals surface area contributed by atoms with Crippen LogP contribution in [0.4, 0.5) is 0 Å². The van der Waals surface area contributed by atoms with Crippen LogP contribution >= 0.6 is 0 Å². The van der Waals surface area contributed by atoms with Crippen LogP contribution in [0.1, 0.15) is 19.3 Å². The first-order chi connectivity index (χ1) is 5.86. The predicted octanol–water partition coefficient (Wildman–Crippen LogP) is 0.938. The van der Waals surface area contributed by atoms with E-state index in [1.807, 2.05) is 0 Å². The molecular formula is C10H20N2. The van der Waals surface area contributed by atoms with E-state index in [0.29, 0.717) is 0 Å². The van der Waals surface area contributed by atoms with E-state index in [1.165, 1.54) is 45.4 Å². The molecule has 1 atom stereocenters. The number of hydrogen-bond acceptors (Lipinski definition) is 2. The summed E-state index contributed by atoms with van der Waals surface area (Å²) in [5.74, 6) is 2.02. The van der Waals surface area contributed by atoms with Crippen molar-refractivity contribution in [1.29, 1.82) is 0 Å². The van der Waals surface area contributed by atoms with Gasteiger partial charge >= 0.3 is 0 Å². The van der Waals surface area contributed by atoms with Crippen molar-refractivity contribution in [2.24, 2.45) is 11.8 Å². The minimum atomic E-state index is 0.999. The van der Waals surface area contributed by atoms with Crippen molar-refractivity contribution in [3.8, 4) is 0 Å². The molecule has 2 nitrogen and oxygen atoms in total. The highest BCUT2D eigenvalue weighted by atomic mass is 15.1. The molecule has 2 rings (SSSR count). The number of piperidine rings is 1. The highest BCUT2D eigenvalue weighted by Gasteiger charge is 2.27. The fourth-order valence-electron chi connectivity index (χ4n) is 2.58. The Kier molecular flexibility index (Phi) is 2.66. The Morgan fingerprint density at radius 2 is 1.83 bits per heavy atom. The minimum Gasteiger partial charge on any atom is -0.316 e. The van der Waals surface area contributed by atoms with E-state index in [2.05, 4.69) is 17.3 Å². The summed E-state index contributed by atoms with van der Waals surface area (Å²) >= 11 is 0.